The first-order valence-corrected chi connectivity index (χ1v) is 13.5. The molecular formula is C25H31NO9S. The lowest BCUT2D eigenvalue weighted by atomic mass is 9.83. The molecule has 2 amide bonds. The number of carbonyl (C=O) groups excluding carboxylic acids is 5. The van der Waals surface area contributed by atoms with Crippen molar-refractivity contribution in [1.82, 2.24) is 4.31 Å². The molecule has 2 fully saturated rings. The molecular weight excluding hydrogens is 490 g/mol. The second-order valence-electron chi connectivity index (χ2n) is 9.31. The van der Waals surface area contributed by atoms with Gasteiger partial charge in [-0.1, -0.05) is 0 Å². The van der Waals surface area contributed by atoms with E-state index in [2.05, 4.69) is 0 Å². The maximum atomic E-state index is 12.6. The predicted octanol–water partition coefficient (Wildman–Crippen LogP) is 2.79. The molecule has 0 bridgehead atoms. The highest BCUT2D eigenvalue weighted by atomic mass is 32.2. The first-order valence-electron chi connectivity index (χ1n) is 12.1. The molecule has 1 aromatic carbocycles. The molecule has 2 aliphatic rings. The fourth-order valence-electron chi connectivity index (χ4n) is 4.30. The van der Waals surface area contributed by atoms with Crippen molar-refractivity contribution in [1.29, 1.82) is 0 Å². The van der Waals surface area contributed by atoms with Gasteiger partial charge in [-0.3, -0.25) is 14.4 Å². The zero-order valence-corrected chi connectivity index (χ0v) is 21.1. The number of ether oxygens (including phenoxy) is 2. The minimum Gasteiger partial charge on any atom is -0.465 e. The number of rotatable bonds is 11. The van der Waals surface area contributed by atoms with Gasteiger partial charge >= 0.3 is 11.9 Å². The monoisotopic (exact) mass is 521 g/mol. The summed E-state index contributed by atoms with van der Waals surface area (Å²) in [5.74, 6) is -1.90. The minimum absolute atomic E-state index is 0.0553. The number of ketones is 1. The van der Waals surface area contributed by atoms with Crippen LogP contribution < -0.4 is 0 Å². The van der Waals surface area contributed by atoms with Crippen molar-refractivity contribution >= 4 is 39.6 Å². The second kappa shape index (κ2) is 12.2. The van der Waals surface area contributed by atoms with Gasteiger partial charge in [-0.15, -0.1) is 0 Å². The Morgan fingerprint density at radius 1 is 0.861 bits per heavy atom. The van der Waals surface area contributed by atoms with E-state index in [1.807, 2.05) is 0 Å². The third-order valence-corrected chi connectivity index (χ3v) is 8.20. The standard InChI is InChI=1S/C25H31NO9S/c1-17(27)3-2-4-24(30)34-15-18-5-7-19(8-6-18)16-35-25(31)20-9-11-21(12-10-20)36(32,33)26-22(28)13-14-23(26)29/h9-12,18-19H,2-8,13-16H2,1H3. The fourth-order valence-corrected chi connectivity index (χ4v) is 5.71. The summed E-state index contributed by atoms with van der Waals surface area (Å²) >= 11 is 0. The van der Waals surface area contributed by atoms with Crippen molar-refractivity contribution in [3.8, 4) is 0 Å². The Balaban J connectivity index is 1.40. The smallest absolute Gasteiger partial charge is 0.338 e. The van der Waals surface area contributed by atoms with E-state index < -0.39 is 27.8 Å². The third kappa shape index (κ3) is 7.22. The molecule has 0 aromatic heterocycles. The molecule has 0 radical (unpaired) electrons. The van der Waals surface area contributed by atoms with Gasteiger partial charge in [-0.05, 0) is 75.1 Å². The molecule has 0 N–H and O–H groups in total. The van der Waals surface area contributed by atoms with Gasteiger partial charge in [0.15, 0.2) is 0 Å². The van der Waals surface area contributed by atoms with Gasteiger partial charge in [0.2, 0.25) is 11.8 Å². The van der Waals surface area contributed by atoms with E-state index in [0.29, 0.717) is 19.4 Å². The fraction of sp³-hybridized carbons (Fsp3) is 0.560. The lowest BCUT2D eigenvalue weighted by Crippen LogP contribution is -2.35. The number of amides is 2. The highest BCUT2D eigenvalue weighted by Crippen LogP contribution is 2.30. The number of nitrogens with zero attached hydrogens (tertiary/aromatic N) is 1. The number of hydrogen-bond acceptors (Lipinski definition) is 9. The highest BCUT2D eigenvalue weighted by Gasteiger charge is 2.39. The lowest BCUT2D eigenvalue weighted by molar-refractivity contribution is -0.145. The van der Waals surface area contributed by atoms with Crippen LogP contribution >= 0.6 is 0 Å². The van der Waals surface area contributed by atoms with Gasteiger partial charge in [-0.2, -0.15) is 4.31 Å². The first kappa shape index (κ1) is 27.5. The maximum Gasteiger partial charge on any atom is 0.338 e. The number of imide groups is 1. The minimum atomic E-state index is -4.30. The predicted molar refractivity (Wildman–Crippen MR) is 126 cm³/mol. The van der Waals surface area contributed by atoms with Crippen molar-refractivity contribution in [3.05, 3.63) is 29.8 Å². The third-order valence-electron chi connectivity index (χ3n) is 6.44. The zero-order valence-electron chi connectivity index (χ0n) is 20.3. The molecule has 10 nitrogen and oxygen atoms in total. The van der Waals surface area contributed by atoms with E-state index in [1.54, 1.807) is 0 Å². The molecule has 1 saturated heterocycles. The van der Waals surface area contributed by atoms with Crippen LogP contribution in [0.25, 0.3) is 0 Å². The molecule has 3 rings (SSSR count). The molecule has 11 heteroatoms. The van der Waals surface area contributed by atoms with Gasteiger partial charge in [0.25, 0.3) is 10.0 Å². The SMILES string of the molecule is CC(=O)CCCC(=O)OCC1CCC(COC(=O)c2ccc(S(=O)(=O)N3C(=O)CCC3=O)cc2)CC1. The van der Waals surface area contributed by atoms with Crippen molar-refractivity contribution in [2.75, 3.05) is 13.2 Å². The van der Waals surface area contributed by atoms with Crippen LogP contribution in [0.2, 0.25) is 0 Å². The van der Waals surface area contributed by atoms with Crippen LogP contribution in [0, 0.1) is 11.8 Å². The van der Waals surface area contributed by atoms with Crippen molar-refractivity contribution in [3.63, 3.8) is 0 Å². The molecule has 36 heavy (non-hydrogen) atoms. The molecule has 0 atom stereocenters. The first-order chi connectivity index (χ1) is 17.1. The Morgan fingerprint density at radius 3 is 1.92 bits per heavy atom. The Kier molecular flexibility index (Phi) is 9.36. The van der Waals surface area contributed by atoms with Gasteiger partial charge in [0.1, 0.15) is 5.78 Å². The lowest BCUT2D eigenvalue weighted by Gasteiger charge is -2.27. The summed E-state index contributed by atoms with van der Waals surface area (Å²) in [6.07, 6.45) is 4.20. The van der Waals surface area contributed by atoms with Crippen LogP contribution in [0.15, 0.2) is 29.2 Å². The summed E-state index contributed by atoms with van der Waals surface area (Å²) in [4.78, 5) is 58.4. The molecule has 0 spiro atoms. The Hall–Kier alpha value is -3.08. The summed E-state index contributed by atoms with van der Waals surface area (Å²) in [5, 5.41) is 0. The summed E-state index contributed by atoms with van der Waals surface area (Å²) in [5.41, 5.74) is 0.165. The van der Waals surface area contributed by atoms with Crippen LogP contribution in [-0.4, -0.2) is 55.5 Å². The maximum absolute atomic E-state index is 12.6. The average Bonchev–Trinajstić information content (AvgIpc) is 3.20. The number of hydrogen-bond donors (Lipinski definition) is 0. The molecule has 1 saturated carbocycles. The quantitative estimate of drug-likeness (QED) is 0.317. The molecule has 196 valence electrons. The Morgan fingerprint density at radius 2 is 1.39 bits per heavy atom. The number of sulfonamides is 1. The van der Waals surface area contributed by atoms with Gasteiger partial charge < -0.3 is 14.3 Å². The van der Waals surface area contributed by atoms with Crippen LogP contribution in [0.5, 0.6) is 0 Å². The summed E-state index contributed by atoms with van der Waals surface area (Å²) in [7, 11) is -4.30. The Bertz CT molecular complexity index is 1090. The summed E-state index contributed by atoms with van der Waals surface area (Å²) < 4.78 is 36.2. The normalized spacial score (nSPS) is 20.3. The summed E-state index contributed by atoms with van der Waals surface area (Å²) in [6, 6.07) is 4.94. The number of esters is 2. The van der Waals surface area contributed by atoms with Gasteiger partial charge in [-0.25, -0.2) is 13.2 Å². The van der Waals surface area contributed by atoms with Gasteiger partial charge in [0.05, 0.1) is 23.7 Å². The van der Waals surface area contributed by atoms with Crippen molar-refractivity contribution < 1.29 is 41.9 Å². The largest absolute Gasteiger partial charge is 0.465 e. The molecule has 1 aromatic rings. The second-order valence-corrected chi connectivity index (χ2v) is 11.1. The van der Waals surface area contributed by atoms with E-state index >= 15 is 0 Å². The highest BCUT2D eigenvalue weighted by molar-refractivity contribution is 7.90. The molecule has 1 heterocycles. The van der Waals surface area contributed by atoms with Crippen LogP contribution in [0.1, 0.15) is 75.1 Å². The van der Waals surface area contributed by atoms with E-state index in [0.717, 1.165) is 25.7 Å². The number of carbonyl (C=O) groups is 5. The number of benzene rings is 1. The van der Waals surface area contributed by atoms with Crippen LogP contribution in [-0.2, 0) is 38.7 Å². The summed E-state index contributed by atoms with van der Waals surface area (Å²) in [6.45, 7) is 2.08. The van der Waals surface area contributed by atoms with E-state index in [1.165, 1.54) is 31.2 Å². The van der Waals surface area contributed by atoms with E-state index in [4.69, 9.17) is 9.47 Å². The van der Waals surface area contributed by atoms with E-state index in [-0.39, 0.29) is 64.2 Å². The van der Waals surface area contributed by atoms with Gasteiger partial charge in [0, 0.05) is 25.7 Å². The zero-order chi connectivity index (χ0) is 26.3. The number of Topliss-reactive ketones (excluding diaryl/α,β-unsaturated/α-hetero) is 1. The van der Waals surface area contributed by atoms with Crippen molar-refractivity contribution in [2.45, 2.75) is 69.6 Å². The van der Waals surface area contributed by atoms with Crippen LogP contribution in [0.3, 0.4) is 0 Å². The molecule has 0 unspecified atom stereocenters. The molecule has 1 aliphatic heterocycles. The Labute approximate surface area is 210 Å². The van der Waals surface area contributed by atoms with Crippen LogP contribution in [0.4, 0.5) is 0 Å². The van der Waals surface area contributed by atoms with Crippen molar-refractivity contribution in [2.24, 2.45) is 11.8 Å². The molecule has 1 aliphatic carbocycles. The van der Waals surface area contributed by atoms with E-state index in [9.17, 15) is 32.4 Å². The topological polar surface area (TPSA) is 141 Å². The average molecular weight is 522 g/mol.